The van der Waals surface area contributed by atoms with Gasteiger partial charge in [-0.3, -0.25) is 14.6 Å². The summed E-state index contributed by atoms with van der Waals surface area (Å²) in [6.45, 7) is 10.6. The van der Waals surface area contributed by atoms with Crippen LogP contribution in [0.1, 0.15) is 45.1 Å². The van der Waals surface area contributed by atoms with Crippen LogP contribution < -0.4 is 9.47 Å². The fourth-order valence-electron chi connectivity index (χ4n) is 7.97. The van der Waals surface area contributed by atoms with E-state index < -0.39 is 0 Å². The Morgan fingerprint density at radius 2 is 1.79 bits per heavy atom. The molecule has 1 spiro atoms. The monoisotopic (exact) mass is 468 g/mol. The summed E-state index contributed by atoms with van der Waals surface area (Å²) < 4.78 is 23.6. The number of fused-ring (bicyclic) bond motifs is 2. The van der Waals surface area contributed by atoms with Crippen molar-refractivity contribution in [1.82, 2.24) is 9.80 Å². The molecule has 0 radical (unpaired) electrons. The molecule has 5 fully saturated rings. The van der Waals surface area contributed by atoms with Gasteiger partial charge in [0.1, 0.15) is 11.7 Å². The Morgan fingerprint density at radius 1 is 1.00 bits per heavy atom. The molecule has 0 amide bonds. The lowest BCUT2D eigenvalue weighted by molar-refractivity contribution is -0.168. The molecule has 34 heavy (non-hydrogen) atoms. The summed E-state index contributed by atoms with van der Waals surface area (Å²) in [6.07, 6.45) is 4.64. The first-order valence-electron chi connectivity index (χ1n) is 13.2. The minimum atomic E-state index is -0.367. The molecular formula is C27H36N2O5. The van der Waals surface area contributed by atoms with Gasteiger partial charge in [-0.25, -0.2) is 0 Å². The quantitative estimate of drug-likeness (QED) is 0.497. The highest BCUT2D eigenvalue weighted by atomic mass is 16.7. The lowest BCUT2D eigenvalue weighted by Crippen LogP contribution is -2.58. The molecule has 0 aromatic heterocycles. The Balaban J connectivity index is 1.01. The van der Waals surface area contributed by atoms with E-state index >= 15 is 0 Å². The van der Waals surface area contributed by atoms with E-state index in [1.165, 1.54) is 12.0 Å². The van der Waals surface area contributed by atoms with Gasteiger partial charge in [-0.2, -0.15) is 0 Å². The average molecular weight is 469 g/mol. The van der Waals surface area contributed by atoms with E-state index in [1.807, 2.05) is 6.07 Å². The third-order valence-corrected chi connectivity index (χ3v) is 9.85. The first-order valence-corrected chi connectivity index (χ1v) is 13.2. The number of carbonyl (C=O) groups is 1. The van der Waals surface area contributed by atoms with Crippen molar-refractivity contribution in [2.24, 2.45) is 23.7 Å². The molecule has 7 nitrogen and oxygen atoms in total. The van der Waals surface area contributed by atoms with Crippen LogP contribution in [-0.2, 0) is 20.8 Å². The smallest absolute Gasteiger partial charge is 0.311 e. The van der Waals surface area contributed by atoms with Gasteiger partial charge in [0.05, 0.1) is 11.5 Å². The largest absolute Gasteiger partial charge is 0.455 e. The van der Waals surface area contributed by atoms with E-state index in [-0.39, 0.29) is 29.2 Å². The van der Waals surface area contributed by atoms with E-state index in [4.69, 9.17) is 18.9 Å². The van der Waals surface area contributed by atoms with Crippen molar-refractivity contribution in [1.29, 1.82) is 0 Å². The predicted octanol–water partition coefficient (Wildman–Crippen LogP) is 3.06. The lowest BCUT2D eigenvalue weighted by atomic mass is 9.55. The van der Waals surface area contributed by atoms with E-state index in [0.717, 1.165) is 70.0 Å². The fourth-order valence-corrected chi connectivity index (χ4v) is 7.97. The van der Waals surface area contributed by atoms with Crippen LogP contribution in [0.3, 0.4) is 0 Å². The van der Waals surface area contributed by atoms with Gasteiger partial charge in [-0.1, -0.05) is 13.0 Å². The predicted molar refractivity (Wildman–Crippen MR) is 124 cm³/mol. The van der Waals surface area contributed by atoms with E-state index in [1.54, 1.807) is 0 Å². The standard InChI is InChI=1S/C27H36N2O5/c1-17-3-5-21-19(24(30)33-27(21)20(17)7-8-26(2)25(27)34-26)15-29-11-9-28(10-12-29)14-18-4-6-22-23(13-18)32-16-31-22/h4,6,13,17,19-21,25H,3,5,7-12,14-16H2,1-2H3/t17-,19+,20+,21+,25-,26-,27-/m1/s1. The molecule has 0 N–H and O–H groups in total. The lowest BCUT2D eigenvalue weighted by Gasteiger charge is -2.50. The van der Waals surface area contributed by atoms with Crippen molar-refractivity contribution in [3.8, 4) is 11.5 Å². The first kappa shape index (κ1) is 21.5. The molecule has 0 bridgehead atoms. The second kappa shape index (κ2) is 7.58. The van der Waals surface area contributed by atoms with Gasteiger partial charge in [0.25, 0.3) is 0 Å². The number of esters is 1. The highest BCUT2D eigenvalue weighted by molar-refractivity contribution is 5.77. The minimum Gasteiger partial charge on any atom is -0.455 e. The molecular weight excluding hydrogens is 432 g/mol. The first-order chi connectivity index (χ1) is 16.5. The third-order valence-electron chi connectivity index (χ3n) is 9.85. The van der Waals surface area contributed by atoms with E-state index in [0.29, 0.717) is 24.5 Å². The molecule has 7 rings (SSSR count). The Hall–Kier alpha value is -1.83. The maximum Gasteiger partial charge on any atom is 0.311 e. The second-order valence-corrected chi connectivity index (χ2v) is 11.8. The maximum absolute atomic E-state index is 13.3. The topological polar surface area (TPSA) is 63.8 Å². The van der Waals surface area contributed by atoms with Gasteiger partial charge < -0.3 is 18.9 Å². The van der Waals surface area contributed by atoms with Crippen LogP contribution in [0.25, 0.3) is 0 Å². The van der Waals surface area contributed by atoms with E-state index in [9.17, 15) is 4.79 Å². The number of benzene rings is 1. The summed E-state index contributed by atoms with van der Waals surface area (Å²) in [4.78, 5) is 18.3. The number of piperazine rings is 1. The molecule has 4 heterocycles. The van der Waals surface area contributed by atoms with Crippen LogP contribution in [0, 0.1) is 23.7 Å². The van der Waals surface area contributed by atoms with Crippen molar-refractivity contribution >= 4 is 5.97 Å². The summed E-state index contributed by atoms with van der Waals surface area (Å²) >= 11 is 0. The van der Waals surface area contributed by atoms with Crippen molar-refractivity contribution in [3.63, 3.8) is 0 Å². The zero-order valence-electron chi connectivity index (χ0n) is 20.3. The van der Waals surface area contributed by atoms with Gasteiger partial charge in [-0.15, -0.1) is 0 Å². The van der Waals surface area contributed by atoms with Crippen LogP contribution in [0.2, 0.25) is 0 Å². The number of epoxide rings is 1. The van der Waals surface area contributed by atoms with Crippen molar-refractivity contribution in [3.05, 3.63) is 23.8 Å². The molecule has 7 heteroatoms. The summed E-state index contributed by atoms with van der Waals surface area (Å²) in [5.41, 5.74) is 0.820. The molecule has 2 saturated carbocycles. The van der Waals surface area contributed by atoms with Crippen LogP contribution in [-0.4, -0.2) is 72.6 Å². The normalized spacial score (nSPS) is 43.1. The Bertz CT molecular complexity index is 993. The summed E-state index contributed by atoms with van der Waals surface area (Å²) in [6, 6.07) is 6.24. The number of ether oxygens (including phenoxy) is 4. The summed E-state index contributed by atoms with van der Waals surface area (Å²) in [5, 5.41) is 0. The molecule has 184 valence electrons. The highest BCUT2D eigenvalue weighted by Gasteiger charge is 2.77. The highest BCUT2D eigenvalue weighted by Crippen LogP contribution is 2.66. The Morgan fingerprint density at radius 3 is 2.65 bits per heavy atom. The number of carbonyl (C=O) groups excluding carboxylic acids is 1. The molecule has 2 aliphatic carbocycles. The Labute approximate surface area is 201 Å². The molecule has 0 unspecified atom stereocenters. The van der Waals surface area contributed by atoms with Crippen LogP contribution in [0.5, 0.6) is 11.5 Å². The van der Waals surface area contributed by atoms with Gasteiger partial charge in [-0.05, 0) is 56.2 Å². The second-order valence-electron chi connectivity index (χ2n) is 11.8. The number of hydrogen-bond donors (Lipinski definition) is 0. The van der Waals surface area contributed by atoms with Crippen molar-refractivity contribution < 1.29 is 23.7 Å². The molecule has 6 aliphatic rings. The molecule has 1 aromatic rings. The van der Waals surface area contributed by atoms with Gasteiger partial charge in [0.2, 0.25) is 6.79 Å². The van der Waals surface area contributed by atoms with Crippen molar-refractivity contribution in [2.75, 3.05) is 39.5 Å². The zero-order chi connectivity index (χ0) is 23.1. The number of nitrogens with zero attached hydrogens (tertiary/aromatic N) is 2. The van der Waals surface area contributed by atoms with Gasteiger partial charge in [0, 0.05) is 51.1 Å². The Kier molecular flexibility index (Phi) is 4.78. The SMILES string of the molecule is C[C@@H]1CC[C@H]2[C@H](CN3CCN(Cc4ccc5c(c4)OCO5)CC3)C(=O)O[C@]23[C@H]1CC[C@@]1(C)O[C@@H]31. The molecule has 1 aromatic carbocycles. The minimum absolute atomic E-state index is 0.0121. The molecule has 4 aliphatic heterocycles. The van der Waals surface area contributed by atoms with Crippen molar-refractivity contribution in [2.45, 2.75) is 63.4 Å². The van der Waals surface area contributed by atoms with E-state index in [2.05, 4.69) is 35.8 Å². The van der Waals surface area contributed by atoms with Crippen LogP contribution >= 0.6 is 0 Å². The summed E-state index contributed by atoms with van der Waals surface area (Å²) in [7, 11) is 0. The summed E-state index contributed by atoms with van der Waals surface area (Å²) in [5.74, 6) is 3.08. The van der Waals surface area contributed by atoms with Crippen LogP contribution in [0.15, 0.2) is 18.2 Å². The number of hydrogen-bond acceptors (Lipinski definition) is 7. The fraction of sp³-hybridized carbons (Fsp3) is 0.741. The zero-order valence-corrected chi connectivity index (χ0v) is 20.3. The number of rotatable bonds is 4. The molecule has 3 saturated heterocycles. The average Bonchev–Trinajstić information content (AvgIpc) is 3.19. The van der Waals surface area contributed by atoms with Crippen LogP contribution in [0.4, 0.5) is 0 Å². The van der Waals surface area contributed by atoms with Gasteiger partial charge in [0.15, 0.2) is 11.5 Å². The third kappa shape index (κ3) is 3.16. The maximum atomic E-state index is 13.3. The molecule has 7 atom stereocenters. The van der Waals surface area contributed by atoms with Gasteiger partial charge >= 0.3 is 5.97 Å².